The Morgan fingerprint density at radius 1 is 1.05 bits per heavy atom. The first-order valence-corrected chi connectivity index (χ1v) is 6.63. The van der Waals surface area contributed by atoms with Crippen LogP contribution in [0.5, 0.6) is 0 Å². The maximum Gasteiger partial charge on any atom is 0.250 e. The van der Waals surface area contributed by atoms with Crippen LogP contribution in [0.4, 0.5) is 11.6 Å². The fourth-order valence-corrected chi connectivity index (χ4v) is 2.12. The van der Waals surface area contributed by atoms with Gasteiger partial charge >= 0.3 is 0 Å². The molecule has 0 fully saturated rings. The third-order valence-electron chi connectivity index (χ3n) is 3.19. The summed E-state index contributed by atoms with van der Waals surface area (Å²) in [5.74, 6) is 0.693. The number of nitrogen functional groups attached to an aromatic ring is 1. The van der Waals surface area contributed by atoms with Crippen LogP contribution in [-0.2, 0) is 6.54 Å². The summed E-state index contributed by atoms with van der Waals surface area (Å²) >= 11 is 0. The van der Waals surface area contributed by atoms with Crippen molar-refractivity contribution in [2.24, 2.45) is 0 Å². The van der Waals surface area contributed by atoms with E-state index >= 15 is 0 Å². The van der Waals surface area contributed by atoms with Gasteiger partial charge in [0.15, 0.2) is 0 Å². The molecule has 2 N–H and O–H groups in total. The lowest BCUT2D eigenvalue weighted by molar-refractivity contribution is 0.771. The number of rotatable bonds is 4. The van der Waals surface area contributed by atoms with Crippen LogP contribution in [0.2, 0.25) is 0 Å². The van der Waals surface area contributed by atoms with Gasteiger partial charge < -0.3 is 10.6 Å². The summed E-state index contributed by atoms with van der Waals surface area (Å²) in [6.07, 6.45) is 0. The summed E-state index contributed by atoms with van der Waals surface area (Å²) in [7, 11) is 1.96. The van der Waals surface area contributed by atoms with Crippen LogP contribution in [0.25, 0.3) is 5.69 Å². The molecule has 1 heterocycles. The number of anilines is 2. The minimum atomic E-state index is 0.693. The minimum Gasteiger partial charge on any atom is -0.399 e. The number of aromatic nitrogens is 4. The average Bonchev–Trinajstić information content (AvgIpc) is 3.00. The Balaban J connectivity index is 1.84. The first kappa shape index (κ1) is 13.1. The fraction of sp³-hybridized carbons (Fsp3) is 0.133. The molecule has 2 aromatic carbocycles. The average molecular weight is 280 g/mol. The van der Waals surface area contributed by atoms with Crippen molar-refractivity contribution in [3.63, 3.8) is 0 Å². The second kappa shape index (κ2) is 5.62. The van der Waals surface area contributed by atoms with Gasteiger partial charge in [0.25, 0.3) is 0 Å². The van der Waals surface area contributed by atoms with E-state index in [1.54, 1.807) is 4.68 Å². The summed E-state index contributed by atoms with van der Waals surface area (Å²) in [5.41, 5.74) is 8.54. The number of para-hydroxylation sites is 1. The van der Waals surface area contributed by atoms with Gasteiger partial charge in [-0.2, -0.15) is 4.68 Å². The van der Waals surface area contributed by atoms with E-state index in [1.807, 2.05) is 66.5 Å². The highest BCUT2D eigenvalue weighted by Crippen LogP contribution is 2.16. The summed E-state index contributed by atoms with van der Waals surface area (Å²) in [5, 5.41) is 11.9. The lowest BCUT2D eigenvalue weighted by Gasteiger charge is -2.17. The Kier molecular flexibility index (Phi) is 3.51. The van der Waals surface area contributed by atoms with Crippen LogP contribution in [0, 0.1) is 0 Å². The molecule has 0 amide bonds. The predicted octanol–water partition coefficient (Wildman–Crippen LogP) is 1.88. The van der Waals surface area contributed by atoms with Crippen molar-refractivity contribution in [3.8, 4) is 5.69 Å². The van der Waals surface area contributed by atoms with E-state index in [1.165, 1.54) is 0 Å². The zero-order chi connectivity index (χ0) is 14.7. The summed E-state index contributed by atoms with van der Waals surface area (Å²) in [4.78, 5) is 2.00. The van der Waals surface area contributed by atoms with E-state index in [-0.39, 0.29) is 0 Å². The normalized spacial score (nSPS) is 10.5. The van der Waals surface area contributed by atoms with Crippen LogP contribution in [0.3, 0.4) is 0 Å². The zero-order valence-electron chi connectivity index (χ0n) is 11.7. The number of nitrogens with two attached hydrogens (primary N) is 1. The van der Waals surface area contributed by atoms with Crippen molar-refractivity contribution in [2.75, 3.05) is 17.7 Å². The smallest absolute Gasteiger partial charge is 0.250 e. The summed E-state index contributed by atoms with van der Waals surface area (Å²) < 4.78 is 1.72. The summed E-state index contributed by atoms with van der Waals surface area (Å²) in [6, 6.07) is 17.6. The SMILES string of the molecule is CN(Cc1ccc(N)cc1)c1nnnn1-c1ccccc1. The molecule has 0 aliphatic rings. The quantitative estimate of drug-likeness (QED) is 0.739. The van der Waals surface area contributed by atoms with Crippen molar-refractivity contribution in [2.45, 2.75) is 6.54 Å². The number of benzene rings is 2. The minimum absolute atomic E-state index is 0.693. The zero-order valence-corrected chi connectivity index (χ0v) is 11.7. The Bertz CT molecular complexity index is 705. The Morgan fingerprint density at radius 3 is 2.48 bits per heavy atom. The Labute approximate surface area is 122 Å². The lowest BCUT2D eigenvalue weighted by Crippen LogP contribution is -2.20. The van der Waals surface area contributed by atoms with Gasteiger partial charge in [-0.1, -0.05) is 35.4 Å². The van der Waals surface area contributed by atoms with E-state index in [0.717, 1.165) is 16.9 Å². The van der Waals surface area contributed by atoms with Crippen LogP contribution >= 0.6 is 0 Å². The molecule has 1 aromatic heterocycles. The van der Waals surface area contributed by atoms with Crippen molar-refractivity contribution in [1.29, 1.82) is 0 Å². The van der Waals surface area contributed by atoms with Crippen molar-refractivity contribution >= 4 is 11.6 Å². The molecule has 106 valence electrons. The molecule has 0 aliphatic carbocycles. The van der Waals surface area contributed by atoms with Crippen LogP contribution in [-0.4, -0.2) is 27.3 Å². The van der Waals surface area contributed by atoms with Gasteiger partial charge in [-0.05, 0) is 40.3 Å². The van der Waals surface area contributed by atoms with Gasteiger partial charge in [0.2, 0.25) is 5.95 Å². The van der Waals surface area contributed by atoms with Gasteiger partial charge in [-0.3, -0.25) is 0 Å². The molecule has 3 rings (SSSR count). The van der Waals surface area contributed by atoms with Gasteiger partial charge in [-0.25, -0.2) is 0 Å². The van der Waals surface area contributed by atoms with Crippen LogP contribution in [0.1, 0.15) is 5.56 Å². The molecule has 0 bridgehead atoms. The molecule has 6 nitrogen and oxygen atoms in total. The third-order valence-corrected chi connectivity index (χ3v) is 3.19. The third kappa shape index (κ3) is 2.84. The number of nitrogens with zero attached hydrogens (tertiary/aromatic N) is 5. The highest BCUT2D eigenvalue weighted by molar-refractivity contribution is 5.43. The molecule has 0 aliphatic heterocycles. The Morgan fingerprint density at radius 2 is 1.76 bits per heavy atom. The second-order valence-electron chi connectivity index (χ2n) is 4.82. The van der Waals surface area contributed by atoms with Gasteiger partial charge in [-0.15, -0.1) is 0 Å². The van der Waals surface area contributed by atoms with Crippen molar-refractivity contribution in [1.82, 2.24) is 20.2 Å². The standard InChI is InChI=1S/C15H16N6/c1-20(11-12-7-9-13(16)10-8-12)15-17-18-19-21(15)14-5-3-2-4-6-14/h2-10H,11,16H2,1H3. The van der Waals surface area contributed by atoms with Gasteiger partial charge in [0.05, 0.1) is 5.69 Å². The number of hydrogen-bond acceptors (Lipinski definition) is 5. The number of hydrogen-bond donors (Lipinski definition) is 1. The van der Waals surface area contributed by atoms with E-state index in [2.05, 4.69) is 15.5 Å². The predicted molar refractivity (Wildman–Crippen MR) is 82.1 cm³/mol. The first-order valence-electron chi connectivity index (χ1n) is 6.63. The first-order chi connectivity index (χ1) is 10.2. The molecule has 0 saturated heterocycles. The highest BCUT2D eigenvalue weighted by atomic mass is 15.6. The molecule has 0 atom stereocenters. The van der Waals surface area contributed by atoms with Crippen LogP contribution < -0.4 is 10.6 Å². The van der Waals surface area contributed by atoms with E-state index in [9.17, 15) is 0 Å². The largest absolute Gasteiger partial charge is 0.399 e. The summed E-state index contributed by atoms with van der Waals surface area (Å²) in [6.45, 7) is 0.702. The van der Waals surface area contributed by atoms with Gasteiger partial charge in [0.1, 0.15) is 0 Å². The second-order valence-corrected chi connectivity index (χ2v) is 4.82. The van der Waals surface area contributed by atoms with E-state index in [4.69, 9.17) is 5.73 Å². The topological polar surface area (TPSA) is 72.9 Å². The molecule has 0 spiro atoms. The molecule has 0 radical (unpaired) electrons. The Hall–Kier alpha value is -2.89. The lowest BCUT2D eigenvalue weighted by atomic mass is 10.2. The maximum absolute atomic E-state index is 5.70. The molecule has 0 saturated carbocycles. The number of tetrazole rings is 1. The van der Waals surface area contributed by atoms with Crippen LogP contribution in [0.15, 0.2) is 54.6 Å². The van der Waals surface area contributed by atoms with E-state index in [0.29, 0.717) is 12.5 Å². The molecular weight excluding hydrogens is 264 g/mol. The fourth-order valence-electron chi connectivity index (χ4n) is 2.12. The van der Waals surface area contributed by atoms with Crippen molar-refractivity contribution < 1.29 is 0 Å². The molecule has 0 unspecified atom stereocenters. The van der Waals surface area contributed by atoms with E-state index < -0.39 is 0 Å². The monoisotopic (exact) mass is 280 g/mol. The molecule has 3 aromatic rings. The molecular formula is C15H16N6. The van der Waals surface area contributed by atoms with Gasteiger partial charge in [0, 0.05) is 19.3 Å². The molecule has 6 heteroatoms. The highest BCUT2D eigenvalue weighted by Gasteiger charge is 2.12. The molecule has 21 heavy (non-hydrogen) atoms. The maximum atomic E-state index is 5.70. The van der Waals surface area contributed by atoms with Crippen molar-refractivity contribution in [3.05, 3.63) is 60.2 Å².